The molecule has 1 aliphatic heterocycles. The number of anilines is 1. The predicted octanol–water partition coefficient (Wildman–Crippen LogP) is 2.67. The van der Waals surface area contributed by atoms with Crippen molar-refractivity contribution in [1.29, 1.82) is 0 Å². The van der Waals surface area contributed by atoms with Crippen molar-refractivity contribution in [3.05, 3.63) is 54.1 Å². The van der Waals surface area contributed by atoms with E-state index in [9.17, 15) is 18.4 Å². The maximum atomic E-state index is 13.6. The lowest BCUT2D eigenvalue weighted by Gasteiger charge is -2.25. The number of rotatable bonds is 4. The van der Waals surface area contributed by atoms with Crippen LogP contribution in [0.25, 0.3) is 0 Å². The number of ether oxygens (including phenoxy) is 3. The second-order valence-electron chi connectivity index (χ2n) is 5.56. The highest BCUT2D eigenvalue weighted by Crippen LogP contribution is 2.31. The molecule has 6 nitrogen and oxygen atoms in total. The molecule has 26 heavy (non-hydrogen) atoms. The molecule has 136 valence electrons. The molecule has 2 aromatic rings. The molecule has 1 N–H and O–H groups in total. The van der Waals surface area contributed by atoms with Crippen LogP contribution in [-0.4, -0.2) is 30.7 Å². The number of carbonyl (C=O) groups is 2. The Hall–Kier alpha value is -3.16. The van der Waals surface area contributed by atoms with E-state index in [2.05, 4.69) is 5.32 Å². The average molecular weight is 363 g/mol. The molecule has 0 spiro atoms. The molecule has 2 atom stereocenters. The SMILES string of the molecule is C[C@H](OC(=O)[C@H]1COc2ccccc2O1)C(=O)Nc1cc(F)ccc1F. The van der Waals surface area contributed by atoms with Gasteiger partial charge in [-0.05, 0) is 31.2 Å². The summed E-state index contributed by atoms with van der Waals surface area (Å²) >= 11 is 0. The van der Waals surface area contributed by atoms with Crippen LogP contribution < -0.4 is 14.8 Å². The number of hydrogen-bond donors (Lipinski definition) is 1. The Morgan fingerprint density at radius 1 is 1.19 bits per heavy atom. The van der Waals surface area contributed by atoms with Crippen LogP contribution in [0.3, 0.4) is 0 Å². The van der Waals surface area contributed by atoms with Crippen molar-refractivity contribution in [2.45, 2.75) is 19.1 Å². The van der Waals surface area contributed by atoms with Crippen LogP contribution in [0, 0.1) is 11.6 Å². The second kappa shape index (κ2) is 7.38. The van der Waals surface area contributed by atoms with Gasteiger partial charge < -0.3 is 19.5 Å². The van der Waals surface area contributed by atoms with Gasteiger partial charge in [0.15, 0.2) is 17.6 Å². The summed E-state index contributed by atoms with van der Waals surface area (Å²) < 4.78 is 42.6. The minimum absolute atomic E-state index is 0.0668. The third-order valence-electron chi connectivity index (χ3n) is 3.62. The van der Waals surface area contributed by atoms with Gasteiger partial charge in [-0.1, -0.05) is 12.1 Å². The Morgan fingerprint density at radius 3 is 2.69 bits per heavy atom. The maximum Gasteiger partial charge on any atom is 0.351 e. The summed E-state index contributed by atoms with van der Waals surface area (Å²) in [5, 5.41) is 2.17. The number of amides is 1. The first-order valence-corrected chi connectivity index (χ1v) is 7.79. The smallest absolute Gasteiger partial charge is 0.351 e. The van der Waals surface area contributed by atoms with Crippen molar-refractivity contribution in [1.82, 2.24) is 0 Å². The molecule has 0 saturated heterocycles. The van der Waals surface area contributed by atoms with Crippen LogP contribution in [0.5, 0.6) is 11.5 Å². The highest BCUT2D eigenvalue weighted by molar-refractivity contribution is 5.95. The van der Waals surface area contributed by atoms with Gasteiger partial charge in [0, 0.05) is 6.07 Å². The molecule has 0 saturated carbocycles. The van der Waals surface area contributed by atoms with Gasteiger partial charge in [0.2, 0.25) is 6.10 Å². The van der Waals surface area contributed by atoms with Crippen molar-refractivity contribution in [2.24, 2.45) is 0 Å². The number of nitrogens with one attached hydrogen (secondary N) is 1. The van der Waals surface area contributed by atoms with Gasteiger partial charge in [-0.3, -0.25) is 4.79 Å². The van der Waals surface area contributed by atoms with Crippen molar-refractivity contribution in [3.8, 4) is 11.5 Å². The molecule has 1 heterocycles. The van der Waals surface area contributed by atoms with E-state index in [4.69, 9.17) is 14.2 Å². The quantitative estimate of drug-likeness (QED) is 0.846. The van der Waals surface area contributed by atoms with E-state index < -0.39 is 35.7 Å². The van der Waals surface area contributed by atoms with E-state index >= 15 is 0 Å². The zero-order valence-electron chi connectivity index (χ0n) is 13.7. The maximum absolute atomic E-state index is 13.6. The lowest BCUT2D eigenvalue weighted by Crippen LogP contribution is -2.41. The zero-order chi connectivity index (χ0) is 18.7. The molecule has 2 aromatic carbocycles. The Labute approximate surface area is 147 Å². The van der Waals surface area contributed by atoms with Gasteiger partial charge in [0.25, 0.3) is 5.91 Å². The monoisotopic (exact) mass is 363 g/mol. The Morgan fingerprint density at radius 2 is 1.92 bits per heavy atom. The Bertz CT molecular complexity index is 842. The highest BCUT2D eigenvalue weighted by Gasteiger charge is 2.31. The number of benzene rings is 2. The van der Waals surface area contributed by atoms with Crippen LogP contribution in [0.15, 0.2) is 42.5 Å². The van der Waals surface area contributed by atoms with Crippen LogP contribution in [0.4, 0.5) is 14.5 Å². The first kappa shape index (κ1) is 17.7. The van der Waals surface area contributed by atoms with Gasteiger partial charge in [0.05, 0.1) is 5.69 Å². The van der Waals surface area contributed by atoms with Crippen molar-refractivity contribution in [3.63, 3.8) is 0 Å². The predicted molar refractivity (Wildman–Crippen MR) is 86.9 cm³/mol. The molecule has 8 heteroatoms. The minimum atomic E-state index is -1.24. The molecular weight excluding hydrogens is 348 g/mol. The summed E-state index contributed by atoms with van der Waals surface area (Å²) in [5.74, 6) is -2.23. The van der Waals surface area contributed by atoms with Gasteiger partial charge in [-0.15, -0.1) is 0 Å². The van der Waals surface area contributed by atoms with E-state index in [1.807, 2.05) is 0 Å². The largest absolute Gasteiger partial charge is 0.485 e. The van der Waals surface area contributed by atoms with Crippen molar-refractivity contribution < 1.29 is 32.6 Å². The molecular formula is C18H15F2NO5. The van der Waals surface area contributed by atoms with E-state index in [1.165, 1.54) is 6.92 Å². The number of para-hydroxylation sites is 2. The third-order valence-corrected chi connectivity index (χ3v) is 3.62. The fraction of sp³-hybridized carbons (Fsp3) is 0.222. The highest BCUT2D eigenvalue weighted by atomic mass is 19.1. The fourth-order valence-corrected chi connectivity index (χ4v) is 2.27. The second-order valence-corrected chi connectivity index (χ2v) is 5.56. The van der Waals surface area contributed by atoms with Crippen molar-refractivity contribution in [2.75, 3.05) is 11.9 Å². The first-order chi connectivity index (χ1) is 12.4. The number of hydrogen-bond acceptors (Lipinski definition) is 5. The molecule has 0 fully saturated rings. The summed E-state index contributed by atoms with van der Waals surface area (Å²) in [6.07, 6.45) is -2.28. The molecule has 0 unspecified atom stereocenters. The number of carbonyl (C=O) groups excluding carboxylic acids is 2. The van der Waals surface area contributed by atoms with Crippen LogP contribution in [0.2, 0.25) is 0 Å². The van der Waals surface area contributed by atoms with Crippen LogP contribution in [-0.2, 0) is 14.3 Å². The normalized spacial score (nSPS) is 16.5. The van der Waals surface area contributed by atoms with Crippen molar-refractivity contribution >= 4 is 17.6 Å². The number of fused-ring (bicyclic) bond motifs is 1. The molecule has 1 amide bonds. The molecule has 0 bridgehead atoms. The molecule has 0 aliphatic carbocycles. The lowest BCUT2D eigenvalue weighted by atomic mass is 10.2. The lowest BCUT2D eigenvalue weighted by molar-refractivity contribution is -0.162. The standard InChI is InChI=1S/C18H15F2NO5/c1-10(17(22)21-13-8-11(19)6-7-12(13)20)25-18(23)16-9-24-14-4-2-3-5-15(14)26-16/h2-8,10,16H,9H2,1H3,(H,21,22)/t10-,16+/m0/s1. The van der Waals surface area contributed by atoms with E-state index in [0.717, 1.165) is 18.2 Å². The first-order valence-electron chi connectivity index (χ1n) is 7.79. The average Bonchev–Trinajstić information content (AvgIpc) is 2.64. The van der Waals surface area contributed by atoms with E-state index in [-0.39, 0.29) is 12.3 Å². The van der Waals surface area contributed by atoms with Gasteiger partial charge in [-0.25, -0.2) is 13.6 Å². The van der Waals surface area contributed by atoms with Gasteiger partial charge >= 0.3 is 5.97 Å². The summed E-state index contributed by atoms with van der Waals surface area (Å²) in [6.45, 7) is 1.24. The third kappa shape index (κ3) is 3.90. The topological polar surface area (TPSA) is 73.9 Å². The zero-order valence-corrected chi connectivity index (χ0v) is 13.7. The molecule has 1 aliphatic rings. The fourth-order valence-electron chi connectivity index (χ4n) is 2.27. The molecule has 3 rings (SSSR count). The minimum Gasteiger partial charge on any atom is -0.485 e. The Balaban J connectivity index is 1.59. The summed E-state index contributed by atoms with van der Waals surface area (Å²) in [7, 11) is 0. The summed E-state index contributed by atoms with van der Waals surface area (Å²) in [5.41, 5.74) is -0.343. The summed E-state index contributed by atoms with van der Waals surface area (Å²) in [4.78, 5) is 24.2. The number of halogens is 2. The van der Waals surface area contributed by atoms with Crippen LogP contribution >= 0.6 is 0 Å². The van der Waals surface area contributed by atoms with Gasteiger partial charge in [-0.2, -0.15) is 0 Å². The Kier molecular flexibility index (Phi) is 5.01. The molecule has 0 radical (unpaired) electrons. The van der Waals surface area contributed by atoms with E-state index in [0.29, 0.717) is 11.5 Å². The number of esters is 1. The van der Waals surface area contributed by atoms with E-state index in [1.54, 1.807) is 24.3 Å². The summed E-state index contributed by atoms with van der Waals surface area (Å²) in [6, 6.07) is 9.45. The van der Waals surface area contributed by atoms with Crippen LogP contribution in [0.1, 0.15) is 6.92 Å². The molecule has 0 aromatic heterocycles. The van der Waals surface area contributed by atoms with Gasteiger partial charge in [0.1, 0.15) is 18.2 Å².